The fraction of sp³-hybridized carbons (Fsp3) is 0.846. The molecule has 6 heteroatoms. The Bertz CT molecular complexity index is 284. The Hall–Kier alpha value is -1.30. The average Bonchev–Trinajstić information content (AvgIpc) is 2.60. The molecule has 1 aliphatic rings. The monoisotopic (exact) mass is 271 g/mol. The Morgan fingerprint density at radius 3 is 2.84 bits per heavy atom. The summed E-state index contributed by atoms with van der Waals surface area (Å²) in [7, 11) is 1.60. The summed E-state index contributed by atoms with van der Waals surface area (Å²) < 4.78 is 4.83. The van der Waals surface area contributed by atoms with Gasteiger partial charge in [-0.25, -0.2) is 4.79 Å². The molecule has 19 heavy (non-hydrogen) atoms. The Morgan fingerprint density at radius 2 is 2.05 bits per heavy atom. The summed E-state index contributed by atoms with van der Waals surface area (Å²) >= 11 is 0. The first-order chi connectivity index (χ1) is 9.24. The number of ether oxygens (including phenoxy) is 1. The van der Waals surface area contributed by atoms with Crippen molar-refractivity contribution in [2.45, 2.75) is 32.1 Å². The van der Waals surface area contributed by atoms with Crippen LogP contribution in [0.3, 0.4) is 0 Å². The first-order valence-corrected chi connectivity index (χ1v) is 7.02. The third-order valence-electron chi connectivity index (χ3n) is 3.15. The predicted octanol–water partition coefficient (Wildman–Crippen LogP) is 0.725. The molecule has 0 aromatic heterocycles. The maximum Gasteiger partial charge on any atom is 0.314 e. The summed E-state index contributed by atoms with van der Waals surface area (Å²) in [6, 6.07) is -0.181. The number of amides is 3. The molecule has 0 spiro atoms. The molecule has 1 saturated heterocycles. The number of nitrogens with zero attached hydrogens (tertiary/aromatic N) is 1. The molecule has 0 atom stereocenters. The molecule has 110 valence electrons. The van der Waals surface area contributed by atoms with Gasteiger partial charge in [0.25, 0.3) is 0 Å². The SMILES string of the molecule is COCCNC(=O)NCCCN1CCCCCC1=O. The van der Waals surface area contributed by atoms with E-state index in [-0.39, 0.29) is 11.9 Å². The van der Waals surface area contributed by atoms with Crippen LogP contribution in [0.25, 0.3) is 0 Å². The first-order valence-electron chi connectivity index (χ1n) is 7.02. The van der Waals surface area contributed by atoms with Crippen molar-refractivity contribution in [3.8, 4) is 0 Å². The van der Waals surface area contributed by atoms with Crippen molar-refractivity contribution in [3.05, 3.63) is 0 Å². The standard InChI is InChI=1S/C13H25N3O3/c1-19-11-8-15-13(18)14-7-5-10-16-9-4-2-3-6-12(16)17/h2-11H2,1H3,(H2,14,15,18). The second kappa shape index (κ2) is 9.61. The molecule has 0 radical (unpaired) electrons. The molecule has 1 heterocycles. The Morgan fingerprint density at radius 1 is 1.26 bits per heavy atom. The minimum Gasteiger partial charge on any atom is -0.383 e. The summed E-state index contributed by atoms with van der Waals surface area (Å²) in [5, 5.41) is 5.45. The van der Waals surface area contributed by atoms with Crippen LogP contribution >= 0.6 is 0 Å². The van der Waals surface area contributed by atoms with Gasteiger partial charge >= 0.3 is 6.03 Å². The van der Waals surface area contributed by atoms with E-state index in [4.69, 9.17) is 4.74 Å². The van der Waals surface area contributed by atoms with Gasteiger partial charge in [-0.3, -0.25) is 4.79 Å². The first kappa shape index (κ1) is 15.8. The Kier molecular flexibility index (Phi) is 7.97. The number of rotatable bonds is 7. The van der Waals surface area contributed by atoms with E-state index in [1.165, 1.54) is 0 Å². The molecule has 1 rings (SSSR count). The number of likely N-dealkylation sites (tertiary alicyclic amines) is 1. The van der Waals surface area contributed by atoms with E-state index in [1.807, 2.05) is 4.90 Å². The van der Waals surface area contributed by atoms with E-state index in [2.05, 4.69) is 10.6 Å². The zero-order valence-electron chi connectivity index (χ0n) is 11.7. The summed E-state index contributed by atoms with van der Waals surface area (Å²) in [6.07, 6.45) is 4.71. The molecular weight excluding hydrogens is 246 g/mol. The molecule has 0 saturated carbocycles. The van der Waals surface area contributed by atoms with Gasteiger partial charge < -0.3 is 20.3 Å². The van der Waals surface area contributed by atoms with Crippen LogP contribution in [-0.4, -0.2) is 56.7 Å². The van der Waals surface area contributed by atoms with Gasteiger partial charge in [0.15, 0.2) is 0 Å². The van der Waals surface area contributed by atoms with Gasteiger partial charge in [-0.1, -0.05) is 6.42 Å². The second-order valence-electron chi connectivity index (χ2n) is 4.72. The van der Waals surface area contributed by atoms with Crippen LogP contribution in [0.4, 0.5) is 4.79 Å². The van der Waals surface area contributed by atoms with Crippen molar-refractivity contribution in [2.24, 2.45) is 0 Å². The number of carbonyl (C=O) groups is 2. The van der Waals surface area contributed by atoms with E-state index < -0.39 is 0 Å². The molecule has 1 aliphatic heterocycles. The van der Waals surface area contributed by atoms with E-state index in [9.17, 15) is 9.59 Å². The van der Waals surface area contributed by atoms with Gasteiger partial charge in [0.05, 0.1) is 6.61 Å². The number of carbonyl (C=O) groups excluding carboxylic acids is 2. The second-order valence-corrected chi connectivity index (χ2v) is 4.72. The number of nitrogens with one attached hydrogen (secondary N) is 2. The van der Waals surface area contributed by atoms with E-state index in [1.54, 1.807) is 7.11 Å². The number of urea groups is 1. The van der Waals surface area contributed by atoms with Crippen LogP contribution in [0.1, 0.15) is 32.1 Å². The highest BCUT2D eigenvalue weighted by molar-refractivity contribution is 5.76. The van der Waals surface area contributed by atoms with Gasteiger partial charge in [-0.05, 0) is 19.3 Å². The van der Waals surface area contributed by atoms with Crippen LogP contribution in [0.2, 0.25) is 0 Å². The smallest absolute Gasteiger partial charge is 0.314 e. The van der Waals surface area contributed by atoms with E-state index in [0.29, 0.717) is 26.1 Å². The number of hydrogen-bond acceptors (Lipinski definition) is 3. The normalized spacial score (nSPS) is 16.1. The van der Waals surface area contributed by atoms with Crippen LogP contribution < -0.4 is 10.6 Å². The lowest BCUT2D eigenvalue weighted by Gasteiger charge is -2.20. The highest BCUT2D eigenvalue weighted by atomic mass is 16.5. The van der Waals surface area contributed by atoms with Crippen LogP contribution in [0.5, 0.6) is 0 Å². The molecule has 0 aromatic rings. The maximum absolute atomic E-state index is 11.7. The quantitative estimate of drug-likeness (QED) is 0.670. The molecule has 0 aromatic carbocycles. The summed E-state index contributed by atoms with van der Waals surface area (Å²) in [5.41, 5.74) is 0. The topological polar surface area (TPSA) is 70.7 Å². The van der Waals surface area contributed by atoms with Crippen molar-refractivity contribution in [2.75, 3.05) is 39.9 Å². The van der Waals surface area contributed by atoms with Gasteiger partial charge in [0.1, 0.15) is 0 Å². The lowest BCUT2D eigenvalue weighted by atomic mass is 10.2. The van der Waals surface area contributed by atoms with Crippen LogP contribution in [-0.2, 0) is 9.53 Å². The molecule has 3 amide bonds. The highest BCUT2D eigenvalue weighted by Gasteiger charge is 2.15. The molecule has 0 bridgehead atoms. The van der Waals surface area contributed by atoms with Gasteiger partial charge in [0, 0.05) is 39.7 Å². The Labute approximate surface area is 114 Å². The molecule has 0 unspecified atom stereocenters. The molecule has 1 fully saturated rings. The van der Waals surface area contributed by atoms with E-state index >= 15 is 0 Å². The Balaban J connectivity index is 2.06. The van der Waals surface area contributed by atoms with Crippen LogP contribution in [0.15, 0.2) is 0 Å². The molecular formula is C13H25N3O3. The number of hydrogen-bond donors (Lipinski definition) is 2. The van der Waals surface area contributed by atoms with Crippen molar-refractivity contribution in [1.29, 1.82) is 0 Å². The zero-order valence-corrected chi connectivity index (χ0v) is 11.7. The predicted molar refractivity (Wildman–Crippen MR) is 72.9 cm³/mol. The summed E-state index contributed by atoms with van der Waals surface area (Å²) in [6.45, 7) is 3.20. The summed E-state index contributed by atoms with van der Waals surface area (Å²) in [4.78, 5) is 25.0. The van der Waals surface area contributed by atoms with Gasteiger partial charge in [0.2, 0.25) is 5.91 Å². The lowest BCUT2D eigenvalue weighted by Crippen LogP contribution is -2.39. The minimum absolute atomic E-state index is 0.181. The minimum atomic E-state index is -0.181. The van der Waals surface area contributed by atoms with Crippen molar-refractivity contribution < 1.29 is 14.3 Å². The van der Waals surface area contributed by atoms with Gasteiger partial charge in [-0.2, -0.15) is 0 Å². The van der Waals surface area contributed by atoms with E-state index in [0.717, 1.165) is 38.8 Å². The third kappa shape index (κ3) is 7.00. The third-order valence-corrected chi connectivity index (χ3v) is 3.15. The maximum atomic E-state index is 11.7. The average molecular weight is 271 g/mol. The molecule has 0 aliphatic carbocycles. The fourth-order valence-electron chi connectivity index (χ4n) is 2.08. The van der Waals surface area contributed by atoms with Crippen LogP contribution in [0, 0.1) is 0 Å². The number of methoxy groups -OCH3 is 1. The molecule has 2 N–H and O–H groups in total. The largest absolute Gasteiger partial charge is 0.383 e. The van der Waals surface area contributed by atoms with Crippen molar-refractivity contribution in [1.82, 2.24) is 15.5 Å². The molecule has 6 nitrogen and oxygen atoms in total. The lowest BCUT2D eigenvalue weighted by molar-refractivity contribution is -0.130. The fourth-order valence-corrected chi connectivity index (χ4v) is 2.08. The van der Waals surface area contributed by atoms with Crippen molar-refractivity contribution >= 4 is 11.9 Å². The summed E-state index contributed by atoms with van der Waals surface area (Å²) in [5.74, 6) is 0.252. The van der Waals surface area contributed by atoms with Gasteiger partial charge in [-0.15, -0.1) is 0 Å². The van der Waals surface area contributed by atoms with Crippen molar-refractivity contribution in [3.63, 3.8) is 0 Å². The highest BCUT2D eigenvalue weighted by Crippen LogP contribution is 2.10. The zero-order chi connectivity index (χ0) is 13.9.